The third kappa shape index (κ3) is 3.79. The number of aromatic nitrogens is 3. The maximum atomic E-state index is 11.3. The minimum Gasteiger partial charge on any atom is -0.491 e. The number of para-hydroxylation sites is 1. The number of nitrogens with zero attached hydrogens (tertiary/aromatic N) is 3. The number of carbonyl (C=O) groups excluding carboxylic acids is 1. The van der Waals surface area contributed by atoms with E-state index in [1.165, 1.54) is 11.8 Å². The average Bonchev–Trinajstić information content (AvgIpc) is 2.95. The van der Waals surface area contributed by atoms with Gasteiger partial charge in [0, 0.05) is 0 Å². The van der Waals surface area contributed by atoms with Crippen LogP contribution in [0.25, 0.3) is 0 Å². The minimum atomic E-state index is -0.465. The summed E-state index contributed by atoms with van der Waals surface area (Å²) in [6.45, 7) is 5.18. The molecule has 112 valence electrons. The van der Waals surface area contributed by atoms with Gasteiger partial charge in [-0.15, -0.1) is 5.10 Å². The number of nitrogens with two attached hydrogens (primary N) is 1. The Kier molecular flexibility index (Phi) is 4.89. The molecule has 0 atom stereocenters. The summed E-state index contributed by atoms with van der Waals surface area (Å²) in [5, 5.41) is 7.57. The number of ether oxygens (including phenoxy) is 1. The Balaban J connectivity index is 1.93. The Hall–Kier alpha value is -2.41. The number of benzene rings is 1. The number of amides is 1. The number of nitrogen functional groups attached to an aromatic ring is 1. The summed E-state index contributed by atoms with van der Waals surface area (Å²) in [5.41, 5.74) is 3.36. The van der Waals surface area contributed by atoms with E-state index in [0.29, 0.717) is 19.1 Å². The minimum absolute atomic E-state index is 0.181. The summed E-state index contributed by atoms with van der Waals surface area (Å²) in [4.78, 5) is 11.3. The molecule has 0 aliphatic rings. The van der Waals surface area contributed by atoms with E-state index in [1.807, 2.05) is 23.6 Å². The van der Waals surface area contributed by atoms with Crippen LogP contribution in [-0.2, 0) is 6.54 Å². The number of nitrogens with one attached hydrogen (secondary N) is 1. The predicted molar refractivity (Wildman–Crippen MR) is 77.7 cm³/mol. The summed E-state index contributed by atoms with van der Waals surface area (Å²) in [6, 6.07) is 7.95. The van der Waals surface area contributed by atoms with Crippen LogP contribution in [-0.4, -0.2) is 27.5 Å². The largest absolute Gasteiger partial charge is 0.491 e. The Morgan fingerprint density at radius 2 is 2.19 bits per heavy atom. The first-order valence-corrected chi connectivity index (χ1v) is 6.74. The number of carbonyl (C=O) groups is 1. The molecule has 1 amide bonds. The summed E-state index contributed by atoms with van der Waals surface area (Å²) in [6.07, 6.45) is 1.53. The van der Waals surface area contributed by atoms with Gasteiger partial charge in [-0.1, -0.05) is 37.3 Å². The molecule has 2 aromatic rings. The van der Waals surface area contributed by atoms with Crippen molar-refractivity contribution in [2.24, 2.45) is 5.84 Å². The van der Waals surface area contributed by atoms with Crippen LogP contribution in [0.5, 0.6) is 5.75 Å². The van der Waals surface area contributed by atoms with E-state index in [4.69, 9.17) is 10.6 Å². The van der Waals surface area contributed by atoms with Crippen LogP contribution in [0.15, 0.2) is 30.5 Å². The zero-order valence-electron chi connectivity index (χ0n) is 12.1. The van der Waals surface area contributed by atoms with Crippen molar-refractivity contribution in [3.05, 3.63) is 41.7 Å². The summed E-state index contributed by atoms with van der Waals surface area (Å²) in [7, 11) is 0. The molecule has 0 saturated heterocycles. The van der Waals surface area contributed by atoms with Crippen molar-refractivity contribution < 1.29 is 9.53 Å². The van der Waals surface area contributed by atoms with Gasteiger partial charge < -0.3 is 4.74 Å². The summed E-state index contributed by atoms with van der Waals surface area (Å²) >= 11 is 0. The lowest BCUT2D eigenvalue weighted by molar-refractivity contribution is 0.0948. The summed E-state index contributed by atoms with van der Waals surface area (Å²) < 4.78 is 7.33. The van der Waals surface area contributed by atoms with Crippen molar-refractivity contribution in [1.82, 2.24) is 20.4 Å². The molecule has 3 N–H and O–H groups in total. The monoisotopic (exact) mass is 289 g/mol. The number of hydrogen-bond acceptors (Lipinski definition) is 5. The first-order chi connectivity index (χ1) is 10.1. The van der Waals surface area contributed by atoms with Crippen molar-refractivity contribution in [2.45, 2.75) is 26.3 Å². The van der Waals surface area contributed by atoms with E-state index in [0.717, 1.165) is 5.75 Å². The van der Waals surface area contributed by atoms with Crippen molar-refractivity contribution in [3.63, 3.8) is 0 Å². The first kappa shape index (κ1) is 15.0. The molecule has 2 rings (SSSR count). The second-order valence-corrected chi connectivity index (χ2v) is 4.88. The molecular formula is C14H19N5O2. The Morgan fingerprint density at radius 3 is 2.90 bits per heavy atom. The smallest absolute Gasteiger partial charge is 0.287 e. The van der Waals surface area contributed by atoms with Crippen LogP contribution in [0, 0.1) is 0 Å². The lowest BCUT2D eigenvalue weighted by atomic mass is 10.0. The highest BCUT2D eigenvalue weighted by molar-refractivity contribution is 5.91. The quantitative estimate of drug-likeness (QED) is 0.471. The summed E-state index contributed by atoms with van der Waals surface area (Å²) in [5.74, 6) is 5.83. The molecule has 0 aliphatic carbocycles. The zero-order valence-corrected chi connectivity index (χ0v) is 12.1. The van der Waals surface area contributed by atoms with Crippen LogP contribution < -0.4 is 16.0 Å². The van der Waals surface area contributed by atoms with Gasteiger partial charge in [-0.3, -0.25) is 10.2 Å². The molecule has 0 bridgehead atoms. The molecular weight excluding hydrogens is 270 g/mol. The normalized spacial score (nSPS) is 10.7. The SMILES string of the molecule is CC(C)c1ccccc1OCCn1cc(C(=O)NN)nn1. The predicted octanol–water partition coefficient (Wildman–Crippen LogP) is 1.08. The fourth-order valence-electron chi connectivity index (χ4n) is 1.92. The molecule has 0 aliphatic heterocycles. The fraction of sp³-hybridized carbons (Fsp3) is 0.357. The molecule has 1 aromatic heterocycles. The maximum absolute atomic E-state index is 11.3. The molecule has 0 radical (unpaired) electrons. The molecule has 1 aromatic carbocycles. The molecule has 0 saturated carbocycles. The van der Waals surface area contributed by atoms with Gasteiger partial charge in [0.05, 0.1) is 12.7 Å². The van der Waals surface area contributed by atoms with Crippen molar-refractivity contribution in [1.29, 1.82) is 0 Å². The van der Waals surface area contributed by atoms with Crippen LogP contribution in [0.2, 0.25) is 0 Å². The molecule has 0 unspecified atom stereocenters. The Morgan fingerprint density at radius 1 is 1.43 bits per heavy atom. The average molecular weight is 289 g/mol. The van der Waals surface area contributed by atoms with Gasteiger partial charge in [-0.25, -0.2) is 10.5 Å². The topological polar surface area (TPSA) is 95.1 Å². The van der Waals surface area contributed by atoms with E-state index < -0.39 is 5.91 Å². The van der Waals surface area contributed by atoms with Crippen LogP contribution in [0.3, 0.4) is 0 Å². The van der Waals surface area contributed by atoms with Gasteiger partial charge in [-0.05, 0) is 17.5 Å². The molecule has 7 nitrogen and oxygen atoms in total. The third-order valence-electron chi connectivity index (χ3n) is 3.02. The molecule has 7 heteroatoms. The van der Waals surface area contributed by atoms with E-state index in [2.05, 4.69) is 30.2 Å². The Labute approximate surface area is 123 Å². The van der Waals surface area contributed by atoms with Gasteiger partial charge >= 0.3 is 0 Å². The van der Waals surface area contributed by atoms with E-state index in [1.54, 1.807) is 4.68 Å². The Bertz CT molecular complexity index is 609. The van der Waals surface area contributed by atoms with Gasteiger partial charge in [0.25, 0.3) is 5.91 Å². The molecule has 0 fully saturated rings. The van der Waals surface area contributed by atoms with Crippen molar-refractivity contribution in [3.8, 4) is 5.75 Å². The highest BCUT2D eigenvalue weighted by atomic mass is 16.5. The molecule has 1 heterocycles. The van der Waals surface area contributed by atoms with Gasteiger partial charge in [-0.2, -0.15) is 0 Å². The van der Waals surface area contributed by atoms with Gasteiger partial charge in [0.1, 0.15) is 12.4 Å². The highest BCUT2D eigenvalue weighted by Gasteiger charge is 2.09. The molecule has 21 heavy (non-hydrogen) atoms. The fourth-order valence-corrected chi connectivity index (χ4v) is 1.92. The van der Waals surface area contributed by atoms with Gasteiger partial charge in [0.15, 0.2) is 5.69 Å². The first-order valence-electron chi connectivity index (χ1n) is 6.74. The second kappa shape index (κ2) is 6.85. The van der Waals surface area contributed by atoms with E-state index in [9.17, 15) is 4.79 Å². The van der Waals surface area contributed by atoms with Crippen molar-refractivity contribution >= 4 is 5.91 Å². The zero-order chi connectivity index (χ0) is 15.2. The maximum Gasteiger partial charge on any atom is 0.287 e. The van der Waals surface area contributed by atoms with Crippen LogP contribution in [0.4, 0.5) is 0 Å². The van der Waals surface area contributed by atoms with E-state index in [-0.39, 0.29) is 5.69 Å². The number of hydrogen-bond donors (Lipinski definition) is 2. The van der Waals surface area contributed by atoms with E-state index >= 15 is 0 Å². The van der Waals surface area contributed by atoms with Crippen LogP contribution in [0.1, 0.15) is 35.8 Å². The van der Waals surface area contributed by atoms with Crippen molar-refractivity contribution in [2.75, 3.05) is 6.61 Å². The van der Waals surface area contributed by atoms with Crippen LogP contribution >= 0.6 is 0 Å². The number of rotatable bonds is 6. The second-order valence-electron chi connectivity index (χ2n) is 4.88. The lowest BCUT2D eigenvalue weighted by Crippen LogP contribution is -2.30. The lowest BCUT2D eigenvalue weighted by Gasteiger charge is -2.13. The number of hydrazine groups is 1. The van der Waals surface area contributed by atoms with Gasteiger partial charge in [0.2, 0.25) is 0 Å². The molecule has 0 spiro atoms. The standard InChI is InChI=1S/C14H19N5O2/c1-10(2)11-5-3-4-6-13(11)21-8-7-19-9-12(17-18-19)14(20)16-15/h3-6,9-10H,7-8,15H2,1-2H3,(H,16,20). The highest BCUT2D eigenvalue weighted by Crippen LogP contribution is 2.25. The third-order valence-corrected chi connectivity index (χ3v) is 3.02.